The lowest BCUT2D eigenvalue weighted by Gasteiger charge is -1.99. The van der Waals surface area contributed by atoms with Crippen LogP contribution in [0.2, 0.25) is 0 Å². The molecule has 20 heavy (non-hydrogen) atoms. The van der Waals surface area contributed by atoms with Crippen molar-refractivity contribution in [3.63, 3.8) is 0 Å². The van der Waals surface area contributed by atoms with E-state index in [9.17, 15) is 14.7 Å². The molecule has 3 rings (SSSR count). The smallest absolute Gasteiger partial charge is 0.337 e. The molecule has 104 valence electrons. The van der Waals surface area contributed by atoms with Crippen LogP contribution in [0.5, 0.6) is 0 Å². The molecular weight excluding hydrogens is 258 g/mol. The molecule has 1 aromatic rings. The number of aromatic nitrogens is 1. The van der Waals surface area contributed by atoms with E-state index in [0.29, 0.717) is 28.4 Å². The van der Waals surface area contributed by atoms with E-state index in [4.69, 9.17) is 0 Å². The summed E-state index contributed by atoms with van der Waals surface area (Å²) in [6, 6.07) is 0. The number of carboxylic acids is 1. The van der Waals surface area contributed by atoms with E-state index in [2.05, 4.69) is 15.5 Å². The summed E-state index contributed by atoms with van der Waals surface area (Å²) in [6.45, 7) is 3.45. The number of nitrogens with zero attached hydrogens (tertiary/aromatic N) is 1. The molecule has 0 spiro atoms. The molecule has 0 unspecified atom stereocenters. The fourth-order valence-electron chi connectivity index (χ4n) is 2.54. The number of aryl methyl sites for hydroxylation is 1. The van der Waals surface area contributed by atoms with Gasteiger partial charge in [-0.3, -0.25) is 4.79 Å². The summed E-state index contributed by atoms with van der Waals surface area (Å²) in [5, 5.41) is 13.2. The van der Waals surface area contributed by atoms with Gasteiger partial charge in [0.05, 0.1) is 16.8 Å². The molecule has 0 aromatic carbocycles. The first-order valence-corrected chi connectivity index (χ1v) is 6.51. The normalized spacial score (nSPS) is 20.2. The summed E-state index contributed by atoms with van der Waals surface area (Å²) in [4.78, 5) is 26.1. The van der Waals surface area contributed by atoms with Crippen LogP contribution in [0.1, 0.15) is 40.2 Å². The third kappa shape index (κ3) is 1.93. The summed E-state index contributed by atoms with van der Waals surface area (Å²) in [7, 11) is 0. The van der Waals surface area contributed by atoms with Crippen molar-refractivity contribution in [1.29, 1.82) is 0 Å². The Morgan fingerprint density at radius 2 is 2.10 bits per heavy atom. The average Bonchev–Trinajstić information content (AvgIpc) is 3.09. The molecule has 1 aromatic heterocycles. The largest absolute Gasteiger partial charge is 0.478 e. The number of aromatic carboxylic acids is 1. The fraction of sp³-hybridized carbons (Fsp3) is 0.357. The van der Waals surface area contributed by atoms with Crippen LogP contribution in [0.3, 0.4) is 0 Å². The van der Waals surface area contributed by atoms with E-state index in [0.717, 1.165) is 18.6 Å². The Labute approximate surface area is 115 Å². The van der Waals surface area contributed by atoms with E-state index >= 15 is 0 Å². The van der Waals surface area contributed by atoms with E-state index in [-0.39, 0.29) is 11.5 Å². The first-order chi connectivity index (χ1) is 9.49. The zero-order valence-corrected chi connectivity index (χ0v) is 11.3. The molecule has 2 aliphatic rings. The minimum Gasteiger partial charge on any atom is -0.478 e. The molecule has 2 heterocycles. The van der Waals surface area contributed by atoms with Gasteiger partial charge in [0.15, 0.2) is 0 Å². The molecule has 0 saturated heterocycles. The predicted octanol–water partition coefficient (Wildman–Crippen LogP) is 1.61. The van der Waals surface area contributed by atoms with Gasteiger partial charge in [-0.1, -0.05) is 0 Å². The van der Waals surface area contributed by atoms with E-state index in [1.807, 2.05) is 0 Å². The quantitative estimate of drug-likeness (QED) is 0.730. The van der Waals surface area contributed by atoms with Crippen LogP contribution in [0.15, 0.2) is 10.7 Å². The maximum atomic E-state index is 11.8. The van der Waals surface area contributed by atoms with Crippen LogP contribution >= 0.6 is 0 Å². The second-order valence-electron chi connectivity index (χ2n) is 5.24. The van der Waals surface area contributed by atoms with Crippen LogP contribution in [-0.4, -0.2) is 27.7 Å². The third-order valence-corrected chi connectivity index (χ3v) is 3.74. The Kier molecular flexibility index (Phi) is 2.74. The number of H-pyrrole nitrogens is 1. The number of hydrogen-bond acceptors (Lipinski definition) is 3. The maximum Gasteiger partial charge on any atom is 0.337 e. The van der Waals surface area contributed by atoms with Gasteiger partial charge in [0.2, 0.25) is 0 Å². The Morgan fingerprint density at radius 3 is 2.65 bits per heavy atom. The van der Waals surface area contributed by atoms with Crippen LogP contribution in [0, 0.1) is 19.8 Å². The molecule has 1 fully saturated rings. The van der Waals surface area contributed by atoms with E-state index < -0.39 is 5.97 Å². The molecule has 1 amide bonds. The standard InChI is InChI=1S/C14H15N3O3/c1-6-10(15-7(2)11(6)14(19)20)5-9-12(8-3-4-8)16-17-13(9)18/h5,8,15H,3-4H2,1-2H3,(H,17,18)(H,19,20). The van der Waals surface area contributed by atoms with E-state index in [1.165, 1.54) is 0 Å². The van der Waals surface area contributed by atoms with Gasteiger partial charge < -0.3 is 10.1 Å². The second kappa shape index (κ2) is 4.33. The number of carboxylic acid groups (broad SMARTS) is 1. The highest BCUT2D eigenvalue weighted by Crippen LogP contribution is 2.35. The number of hydrazone groups is 1. The SMILES string of the molecule is Cc1[nH]c(C=C2C(=O)NN=C2C2CC2)c(C)c1C(=O)O. The lowest BCUT2D eigenvalue weighted by Crippen LogP contribution is -2.13. The number of hydrogen-bond donors (Lipinski definition) is 3. The van der Waals surface area contributed by atoms with E-state index in [1.54, 1.807) is 19.9 Å². The molecule has 0 bridgehead atoms. The fourth-order valence-corrected chi connectivity index (χ4v) is 2.54. The number of amides is 1. The van der Waals surface area contributed by atoms with Gasteiger partial charge in [-0.05, 0) is 38.3 Å². The summed E-state index contributed by atoms with van der Waals surface area (Å²) in [5.41, 5.74) is 5.94. The number of carbonyl (C=O) groups is 2. The first-order valence-electron chi connectivity index (χ1n) is 6.51. The summed E-state index contributed by atoms with van der Waals surface area (Å²) in [5.74, 6) is -0.834. The van der Waals surface area contributed by atoms with Crippen molar-refractivity contribution in [2.75, 3.05) is 0 Å². The van der Waals surface area contributed by atoms with Gasteiger partial charge in [0.25, 0.3) is 5.91 Å². The van der Waals surface area contributed by atoms with Crippen molar-refractivity contribution >= 4 is 23.7 Å². The average molecular weight is 273 g/mol. The van der Waals surface area contributed by atoms with Crippen molar-refractivity contribution in [1.82, 2.24) is 10.4 Å². The number of aromatic amines is 1. The molecule has 1 aliphatic heterocycles. The highest BCUT2D eigenvalue weighted by Gasteiger charge is 2.36. The van der Waals surface area contributed by atoms with Crippen molar-refractivity contribution in [3.05, 3.63) is 28.1 Å². The second-order valence-corrected chi connectivity index (χ2v) is 5.24. The van der Waals surface area contributed by atoms with Crippen molar-refractivity contribution in [3.8, 4) is 0 Å². The Hall–Kier alpha value is -2.37. The van der Waals surface area contributed by atoms with Crippen molar-refractivity contribution < 1.29 is 14.7 Å². The van der Waals surface area contributed by atoms with Crippen LogP contribution in [0.25, 0.3) is 6.08 Å². The van der Waals surface area contributed by atoms with Crippen molar-refractivity contribution in [2.24, 2.45) is 11.0 Å². The molecule has 6 nitrogen and oxygen atoms in total. The lowest BCUT2D eigenvalue weighted by atomic mass is 10.0. The number of rotatable bonds is 3. The lowest BCUT2D eigenvalue weighted by molar-refractivity contribution is -0.116. The maximum absolute atomic E-state index is 11.8. The van der Waals surface area contributed by atoms with Gasteiger partial charge in [0, 0.05) is 17.3 Å². The van der Waals surface area contributed by atoms with Gasteiger partial charge in [-0.15, -0.1) is 0 Å². The van der Waals surface area contributed by atoms with Crippen LogP contribution < -0.4 is 5.43 Å². The highest BCUT2D eigenvalue weighted by atomic mass is 16.4. The summed E-state index contributed by atoms with van der Waals surface area (Å²) in [6.07, 6.45) is 3.80. The first kappa shape index (κ1) is 12.7. The van der Waals surface area contributed by atoms with Crippen molar-refractivity contribution in [2.45, 2.75) is 26.7 Å². The number of carbonyl (C=O) groups excluding carboxylic acids is 1. The van der Waals surface area contributed by atoms with Gasteiger partial charge in [-0.2, -0.15) is 5.10 Å². The zero-order valence-electron chi connectivity index (χ0n) is 11.3. The minimum absolute atomic E-state index is 0.226. The molecular formula is C14H15N3O3. The zero-order chi connectivity index (χ0) is 14.4. The Balaban J connectivity index is 2.03. The molecule has 0 atom stereocenters. The minimum atomic E-state index is -0.965. The molecule has 3 N–H and O–H groups in total. The molecule has 1 aliphatic carbocycles. The molecule has 0 radical (unpaired) electrons. The Morgan fingerprint density at radius 1 is 1.40 bits per heavy atom. The van der Waals surface area contributed by atoms with Crippen LogP contribution in [0.4, 0.5) is 0 Å². The highest BCUT2D eigenvalue weighted by molar-refractivity contribution is 6.28. The monoisotopic (exact) mass is 273 g/mol. The predicted molar refractivity (Wildman–Crippen MR) is 73.5 cm³/mol. The summed E-state index contributed by atoms with van der Waals surface area (Å²) >= 11 is 0. The topological polar surface area (TPSA) is 94.5 Å². The summed E-state index contributed by atoms with van der Waals surface area (Å²) < 4.78 is 0. The van der Waals surface area contributed by atoms with Crippen LogP contribution in [-0.2, 0) is 4.79 Å². The molecule has 6 heteroatoms. The molecule has 1 saturated carbocycles. The number of nitrogens with one attached hydrogen (secondary N) is 2. The van der Waals surface area contributed by atoms with Gasteiger partial charge in [0.1, 0.15) is 0 Å². The third-order valence-electron chi connectivity index (χ3n) is 3.74. The Bertz CT molecular complexity index is 678. The van der Waals surface area contributed by atoms with Gasteiger partial charge in [-0.25, -0.2) is 10.2 Å². The van der Waals surface area contributed by atoms with Gasteiger partial charge >= 0.3 is 5.97 Å².